The summed E-state index contributed by atoms with van der Waals surface area (Å²) < 4.78 is 0. The SMILES string of the molecule is C#CCNC(=O)c1ccc(N(C)C)c(N)c1. The maximum absolute atomic E-state index is 11.6. The van der Waals surface area contributed by atoms with Gasteiger partial charge in [0, 0.05) is 19.7 Å². The van der Waals surface area contributed by atoms with E-state index in [1.54, 1.807) is 18.2 Å². The zero-order valence-corrected chi connectivity index (χ0v) is 9.45. The lowest BCUT2D eigenvalue weighted by Gasteiger charge is -2.15. The number of nitrogen functional groups attached to an aromatic ring is 1. The van der Waals surface area contributed by atoms with Gasteiger partial charge in [-0.1, -0.05) is 5.92 Å². The third-order valence-corrected chi connectivity index (χ3v) is 2.12. The Morgan fingerprint density at radius 2 is 2.25 bits per heavy atom. The first-order valence-electron chi connectivity index (χ1n) is 4.84. The third kappa shape index (κ3) is 2.67. The molecule has 0 spiro atoms. The number of amides is 1. The highest BCUT2D eigenvalue weighted by Crippen LogP contribution is 2.22. The Hall–Kier alpha value is -2.15. The summed E-state index contributed by atoms with van der Waals surface area (Å²) in [6, 6.07) is 5.17. The molecule has 4 nitrogen and oxygen atoms in total. The van der Waals surface area contributed by atoms with Crippen LogP contribution in [0.25, 0.3) is 0 Å². The summed E-state index contributed by atoms with van der Waals surface area (Å²) in [5.41, 5.74) is 7.79. The molecule has 1 amide bonds. The maximum Gasteiger partial charge on any atom is 0.252 e. The van der Waals surface area contributed by atoms with Crippen LogP contribution in [0.3, 0.4) is 0 Å². The van der Waals surface area contributed by atoms with Crippen LogP contribution >= 0.6 is 0 Å². The van der Waals surface area contributed by atoms with Crippen molar-refractivity contribution in [2.24, 2.45) is 0 Å². The number of carbonyl (C=O) groups is 1. The van der Waals surface area contributed by atoms with Gasteiger partial charge in [0.1, 0.15) is 0 Å². The summed E-state index contributed by atoms with van der Waals surface area (Å²) in [7, 11) is 3.79. The van der Waals surface area contributed by atoms with E-state index >= 15 is 0 Å². The first-order valence-corrected chi connectivity index (χ1v) is 4.84. The highest BCUT2D eigenvalue weighted by molar-refractivity contribution is 5.96. The second kappa shape index (κ2) is 5.08. The van der Waals surface area contributed by atoms with E-state index in [0.717, 1.165) is 5.69 Å². The Morgan fingerprint density at radius 3 is 2.75 bits per heavy atom. The van der Waals surface area contributed by atoms with E-state index in [2.05, 4.69) is 11.2 Å². The molecule has 4 heteroatoms. The van der Waals surface area contributed by atoms with Crippen molar-refractivity contribution in [3.05, 3.63) is 23.8 Å². The van der Waals surface area contributed by atoms with Crippen molar-refractivity contribution in [2.75, 3.05) is 31.3 Å². The van der Waals surface area contributed by atoms with Gasteiger partial charge in [0.05, 0.1) is 17.9 Å². The Balaban J connectivity index is 2.89. The van der Waals surface area contributed by atoms with E-state index in [4.69, 9.17) is 12.2 Å². The smallest absolute Gasteiger partial charge is 0.252 e. The molecule has 1 aromatic rings. The molecule has 0 aliphatic heterocycles. The quantitative estimate of drug-likeness (QED) is 0.578. The molecule has 0 heterocycles. The number of nitrogens with zero attached hydrogens (tertiary/aromatic N) is 1. The normalized spacial score (nSPS) is 9.31. The van der Waals surface area contributed by atoms with Crippen LogP contribution in [0.2, 0.25) is 0 Å². The fourth-order valence-corrected chi connectivity index (χ4v) is 1.34. The Morgan fingerprint density at radius 1 is 1.56 bits per heavy atom. The van der Waals surface area contributed by atoms with Gasteiger partial charge in [-0.2, -0.15) is 0 Å². The molecule has 0 bridgehead atoms. The van der Waals surface area contributed by atoms with Crippen molar-refractivity contribution in [3.8, 4) is 12.3 Å². The second-order valence-corrected chi connectivity index (χ2v) is 3.55. The van der Waals surface area contributed by atoms with Crippen LogP contribution in [-0.4, -0.2) is 26.5 Å². The van der Waals surface area contributed by atoms with E-state index in [9.17, 15) is 4.79 Å². The van der Waals surface area contributed by atoms with Crippen LogP contribution in [0.4, 0.5) is 11.4 Å². The minimum atomic E-state index is -0.213. The van der Waals surface area contributed by atoms with Crippen molar-refractivity contribution >= 4 is 17.3 Å². The third-order valence-electron chi connectivity index (χ3n) is 2.12. The van der Waals surface area contributed by atoms with E-state index in [1.807, 2.05) is 19.0 Å². The molecular weight excluding hydrogens is 202 g/mol. The molecule has 0 saturated heterocycles. The maximum atomic E-state index is 11.6. The van der Waals surface area contributed by atoms with Crippen LogP contribution < -0.4 is 16.0 Å². The second-order valence-electron chi connectivity index (χ2n) is 3.55. The Kier molecular flexibility index (Phi) is 3.78. The Bertz CT molecular complexity index is 432. The molecule has 0 saturated carbocycles. The molecule has 1 aromatic carbocycles. The van der Waals surface area contributed by atoms with Gasteiger partial charge in [-0.25, -0.2) is 0 Å². The van der Waals surface area contributed by atoms with Crippen LogP contribution in [0.15, 0.2) is 18.2 Å². The van der Waals surface area contributed by atoms with Crippen LogP contribution in [-0.2, 0) is 0 Å². The predicted octanol–water partition coefficient (Wildman–Crippen LogP) is 0.698. The van der Waals surface area contributed by atoms with Crippen molar-refractivity contribution in [1.82, 2.24) is 5.32 Å². The monoisotopic (exact) mass is 217 g/mol. The fourth-order valence-electron chi connectivity index (χ4n) is 1.34. The minimum Gasteiger partial charge on any atom is -0.397 e. The molecule has 16 heavy (non-hydrogen) atoms. The number of nitrogens with two attached hydrogens (primary N) is 1. The molecule has 0 aromatic heterocycles. The molecule has 0 aliphatic carbocycles. The van der Waals surface area contributed by atoms with Gasteiger partial charge in [0.25, 0.3) is 5.91 Å². The molecule has 1 rings (SSSR count). The average Bonchev–Trinajstić information content (AvgIpc) is 2.25. The molecule has 0 aliphatic rings. The summed E-state index contributed by atoms with van der Waals surface area (Å²) in [5.74, 6) is 2.13. The van der Waals surface area contributed by atoms with E-state index < -0.39 is 0 Å². The predicted molar refractivity (Wildman–Crippen MR) is 66.3 cm³/mol. The summed E-state index contributed by atoms with van der Waals surface area (Å²) in [5, 5.41) is 2.58. The highest BCUT2D eigenvalue weighted by atomic mass is 16.1. The van der Waals surface area contributed by atoms with E-state index in [-0.39, 0.29) is 12.5 Å². The number of benzene rings is 1. The van der Waals surface area contributed by atoms with Crippen molar-refractivity contribution in [2.45, 2.75) is 0 Å². The largest absolute Gasteiger partial charge is 0.397 e. The highest BCUT2D eigenvalue weighted by Gasteiger charge is 2.07. The van der Waals surface area contributed by atoms with Gasteiger partial charge in [-0.15, -0.1) is 6.42 Å². The van der Waals surface area contributed by atoms with Gasteiger partial charge in [-0.3, -0.25) is 4.79 Å². The first-order chi connectivity index (χ1) is 7.56. The molecule has 0 unspecified atom stereocenters. The van der Waals surface area contributed by atoms with Crippen molar-refractivity contribution in [3.63, 3.8) is 0 Å². The van der Waals surface area contributed by atoms with Crippen molar-refractivity contribution in [1.29, 1.82) is 0 Å². The summed E-state index contributed by atoms with van der Waals surface area (Å²) in [6.07, 6.45) is 5.05. The fraction of sp³-hybridized carbons (Fsp3) is 0.250. The number of rotatable bonds is 3. The topological polar surface area (TPSA) is 58.4 Å². The van der Waals surface area contributed by atoms with Gasteiger partial charge in [0.2, 0.25) is 0 Å². The van der Waals surface area contributed by atoms with Crippen LogP contribution in [0.5, 0.6) is 0 Å². The van der Waals surface area contributed by atoms with Crippen LogP contribution in [0.1, 0.15) is 10.4 Å². The number of hydrogen-bond acceptors (Lipinski definition) is 3. The van der Waals surface area contributed by atoms with Crippen molar-refractivity contribution < 1.29 is 4.79 Å². The summed E-state index contributed by atoms with van der Waals surface area (Å²) >= 11 is 0. The molecule has 0 radical (unpaired) electrons. The molecule has 0 fully saturated rings. The lowest BCUT2D eigenvalue weighted by molar-refractivity contribution is 0.0959. The van der Waals surface area contributed by atoms with E-state index in [0.29, 0.717) is 11.3 Å². The number of hydrogen-bond donors (Lipinski definition) is 2. The van der Waals surface area contributed by atoms with Gasteiger partial charge < -0.3 is 16.0 Å². The Labute approximate surface area is 95.4 Å². The molecule has 84 valence electrons. The lowest BCUT2D eigenvalue weighted by atomic mass is 10.1. The standard InChI is InChI=1S/C12H15N3O/c1-4-7-14-12(16)9-5-6-11(15(2)3)10(13)8-9/h1,5-6,8H,7,13H2,2-3H3,(H,14,16). The zero-order valence-electron chi connectivity index (χ0n) is 9.45. The molecular formula is C12H15N3O. The molecule has 3 N–H and O–H groups in total. The van der Waals surface area contributed by atoms with Gasteiger partial charge in [0.15, 0.2) is 0 Å². The summed E-state index contributed by atoms with van der Waals surface area (Å²) in [6.45, 7) is 0.216. The number of nitrogens with one attached hydrogen (secondary N) is 1. The summed E-state index contributed by atoms with van der Waals surface area (Å²) in [4.78, 5) is 13.4. The average molecular weight is 217 g/mol. The number of carbonyl (C=O) groups excluding carboxylic acids is 1. The van der Waals surface area contributed by atoms with Gasteiger partial charge in [-0.05, 0) is 18.2 Å². The minimum absolute atomic E-state index is 0.213. The number of terminal acetylenes is 1. The molecule has 0 atom stereocenters. The van der Waals surface area contributed by atoms with Gasteiger partial charge >= 0.3 is 0 Å². The lowest BCUT2D eigenvalue weighted by Crippen LogP contribution is -2.23. The number of anilines is 2. The van der Waals surface area contributed by atoms with E-state index in [1.165, 1.54) is 0 Å². The first kappa shape index (κ1) is 11.9. The zero-order chi connectivity index (χ0) is 12.1. The van der Waals surface area contributed by atoms with Crippen LogP contribution in [0, 0.1) is 12.3 Å².